The number of hydrogen-bond donors (Lipinski definition) is 0. The van der Waals surface area contributed by atoms with Crippen molar-refractivity contribution in [3.05, 3.63) is 64.5 Å². The van der Waals surface area contributed by atoms with Crippen LogP contribution in [0.3, 0.4) is 0 Å². The molecule has 0 atom stereocenters. The van der Waals surface area contributed by atoms with Crippen molar-refractivity contribution >= 4 is 33.0 Å². The maximum absolute atomic E-state index is 13.3. The van der Waals surface area contributed by atoms with E-state index < -0.39 is 0 Å². The first-order valence-electron chi connectivity index (χ1n) is 9.78. The number of carbonyl (C=O) groups excluding carboxylic acids is 1. The Morgan fingerprint density at radius 3 is 2.56 bits per heavy atom. The van der Waals surface area contributed by atoms with E-state index in [4.69, 9.17) is 0 Å². The van der Waals surface area contributed by atoms with E-state index in [0.717, 1.165) is 43.9 Å². The molecule has 0 N–H and O–H groups in total. The van der Waals surface area contributed by atoms with Gasteiger partial charge in [-0.3, -0.25) is 4.79 Å². The molecular formula is C23H26N2OS. The van der Waals surface area contributed by atoms with Crippen molar-refractivity contribution in [2.45, 2.75) is 26.7 Å². The van der Waals surface area contributed by atoms with E-state index >= 15 is 0 Å². The van der Waals surface area contributed by atoms with Crippen molar-refractivity contribution in [2.75, 3.05) is 31.1 Å². The lowest BCUT2D eigenvalue weighted by Gasteiger charge is -2.36. The molecule has 2 heterocycles. The van der Waals surface area contributed by atoms with Crippen molar-refractivity contribution in [1.29, 1.82) is 0 Å². The average Bonchev–Trinajstić information content (AvgIpc) is 3.07. The molecule has 1 fully saturated rings. The summed E-state index contributed by atoms with van der Waals surface area (Å²) in [5.74, 6) is 0.212. The second-order valence-corrected chi connectivity index (χ2v) is 8.33. The fourth-order valence-electron chi connectivity index (χ4n) is 3.91. The Morgan fingerprint density at radius 2 is 1.81 bits per heavy atom. The number of piperazine rings is 1. The molecule has 4 heteroatoms. The molecule has 0 aliphatic carbocycles. The van der Waals surface area contributed by atoms with Crippen molar-refractivity contribution in [3.8, 4) is 0 Å². The number of aryl methyl sites for hydroxylation is 2. The second kappa shape index (κ2) is 7.73. The van der Waals surface area contributed by atoms with Gasteiger partial charge < -0.3 is 9.80 Å². The van der Waals surface area contributed by atoms with Crippen LogP contribution in [0.2, 0.25) is 0 Å². The molecule has 0 bridgehead atoms. The van der Waals surface area contributed by atoms with Crippen LogP contribution in [0, 0.1) is 6.92 Å². The maximum atomic E-state index is 13.3. The van der Waals surface area contributed by atoms with Crippen LogP contribution in [0.5, 0.6) is 0 Å². The van der Waals surface area contributed by atoms with Gasteiger partial charge in [-0.2, -0.15) is 0 Å². The summed E-state index contributed by atoms with van der Waals surface area (Å²) in [6, 6.07) is 17.0. The summed E-state index contributed by atoms with van der Waals surface area (Å²) in [6.07, 6.45) is 2.02. The van der Waals surface area contributed by atoms with Gasteiger partial charge in [0, 0.05) is 36.6 Å². The highest BCUT2D eigenvalue weighted by Gasteiger charge is 2.26. The topological polar surface area (TPSA) is 23.6 Å². The average molecular weight is 379 g/mol. The lowest BCUT2D eigenvalue weighted by atomic mass is 10.1. The van der Waals surface area contributed by atoms with Gasteiger partial charge in [-0.05, 0) is 48.1 Å². The summed E-state index contributed by atoms with van der Waals surface area (Å²) in [7, 11) is 0. The second-order valence-electron chi connectivity index (χ2n) is 7.27. The minimum absolute atomic E-state index is 0.212. The summed E-state index contributed by atoms with van der Waals surface area (Å²) in [6.45, 7) is 7.66. The summed E-state index contributed by atoms with van der Waals surface area (Å²) in [5, 5.41) is 1.26. The van der Waals surface area contributed by atoms with Gasteiger partial charge in [0.1, 0.15) is 0 Å². The Kier molecular flexibility index (Phi) is 5.17. The third-order valence-corrected chi connectivity index (χ3v) is 6.53. The standard InChI is InChI=1S/C23H26N2OS/c1-3-7-20-19-10-4-5-11-21(19)27-22(20)23(26)25-14-12-24(13-15-25)18-9-6-8-17(2)16-18/h4-6,8-11,16H,3,7,12-15H2,1-2H3. The van der Waals surface area contributed by atoms with Crippen LogP contribution < -0.4 is 4.90 Å². The van der Waals surface area contributed by atoms with E-state index in [2.05, 4.69) is 67.3 Å². The molecule has 140 valence electrons. The predicted octanol–water partition coefficient (Wildman–Crippen LogP) is 5.12. The van der Waals surface area contributed by atoms with Crippen LogP contribution in [0.1, 0.15) is 34.1 Å². The molecule has 3 nitrogen and oxygen atoms in total. The minimum Gasteiger partial charge on any atom is -0.368 e. The fourth-order valence-corrected chi connectivity index (χ4v) is 5.13. The number of fused-ring (bicyclic) bond motifs is 1. The first-order chi connectivity index (χ1) is 13.2. The zero-order chi connectivity index (χ0) is 18.8. The number of hydrogen-bond acceptors (Lipinski definition) is 3. The van der Waals surface area contributed by atoms with Crippen LogP contribution in [-0.4, -0.2) is 37.0 Å². The first-order valence-corrected chi connectivity index (χ1v) is 10.6. The van der Waals surface area contributed by atoms with Crippen LogP contribution in [0.25, 0.3) is 10.1 Å². The highest BCUT2D eigenvalue weighted by molar-refractivity contribution is 7.21. The molecule has 1 aliphatic rings. The Bertz CT molecular complexity index is 954. The van der Waals surface area contributed by atoms with Gasteiger partial charge in [0.15, 0.2) is 0 Å². The summed E-state index contributed by atoms with van der Waals surface area (Å²) >= 11 is 1.66. The van der Waals surface area contributed by atoms with Gasteiger partial charge in [-0.1, -0.05) is 43.7 Å². The minimum atomic E-state index is 0.212. The van der Waals surface area contributed by atoms with E-state index in [1.54, 1.807) is 11.3 Å². The monoisotopic (exact) mass is 378 g/mol. The smallest absolute Gasteiger partial charge is 0.264 e. The number of nitrogens with zero attached hydrogens (tertiary/aromatic N) is 2. The first kappa shape index (κ1) is 18.1. The number of rotatable bonds is 4. The molecule has 0 unspecified atom stereocenters. The molecule has 2 aromatic carbocycles. The molecule has 3 aromatic rings. The highest BCUT2D eigenvalue weighted by atomic mass is 32.1. The zero-order valence-corrected chi connectivity index (χ0v) is 16.9. The number of amides is 1. The van der Waals surface area contributed by atoms with Gasteiger partial charge in [0.2, 0.25) is 0 Å². The van der Waals surface area contributed by atoms with Crippen molar-refractivity contribution in [3.63, 3.8) is 0 Å². The molecule has 0 saturated carbocycles. The molecule has 27 heavy (non-hydrogen) atoms. The van der Waals surface area contributed by atoms with Gasteiger partial charge >= 0.3 is 0 Å². The van der Waals surface area contributed by atoms with E-state index in [9.17, 15) is 4.79 Å². The lowest BCUT2D eigenvalue weighted by molar-refractivity contribution is 0.0750. The third-order valence-electron chi connectivity index (χ3n) is 5.33. The molecule has 1 amide bonds. The molecular weight excluding hydrogens is 352 g/mol. The maximum Gasteiger partial charge on any atom is 0.264 e. The number of thiophene rings is 1. The Morgan fingerprint density at radius 1 is 1.04 bits per heavy atom. The Hall–Kier alpha value is -2.33. The van der Waals surface area contributed by atoms with Gasteiger partial charge in [-0.15, -0.1) is 11.3 Å². The lowest BCUT2D eigenvalue weighted by Crippen LogP contribution is -2.48. The van der Waals surface area contributed by atoms with Crippen LogP contribution in [0.4, 0.5) is 5.69 Å². The Balaban J connectivity index is 1.53. The van der Waals surface area contributed by atoms with E-state index in [1.165, 1.54) is 26.9 Å². The van der Waals surface area contributed by atoms with E-state index in [1.807, 2.05) is 4.90 Å². The normalized spacial score (nSPS) is 14.7. The largest absolute Gasteiger partial charge is 0.368 e. The number of benzene rings is 2. The number of anilines is 1. The highest BCUT2D eigenvalue weighted by Crippen LogP contribution is 2.33. The fraction of sp³-hybridized carbons (Fsp3) is 0.348. The number of carbonyl (C=O) groups is 1. The van der Waals surface area contributed by atoms with Gasteiger partial charge in [-0.25, -0.2) is 0 Å². The predicted molar refractivity (Wildman–Crippen MR) is 115 cm³/mol. The van der Waals surface area contributed by atoms with Crippen LogP contribution in [0.15, 0.2) is 48.5 Å². The van der Waals surface area contributed by atoms with E-state index in [0.29, 0.717) is 0 Å². The molecule has 0 radical (unpaired) electrons. The SMILES string of the molecule is CCCc1c(C(=O)N2CCN(c3cccc(C)c3)CC2)sc2ccccc12. The van der Waals surface area contributed by atoms with Crippen LogP contribution >= 0.6 is 11.3 Å². The molecule has 0 spiro atoms. The van der Waals surface area contributed by atoms with Crippen LogP contribution in [-0.2, 0) is 6.42 Å². The van der Waals surface area contributed by atoms with Crippen molar-refractivity contribution in [2.24, 2.45) is 0 Å². The Labute approximate surface area is 165 Å². The summed E-state index contributed by atoms with van der Waals surface area (Å²) in [4.78, 5) is 18.6. The molecule has 4 rings (SSSR count). The van der Waals surface area contributed by atoms with Crippen molar-refractivity contribution in [1.82, 2.24) is 4.90 Å². The van der Waals surface area contributed by atoms with Crippen molar-refractivity contribution < 1.29 is 4.79 Å². The quantitative estimate of drug-likeness (QED) is 0.629. The molecule has 1 aliphatic heterocycles. The van der Waals surface area contributed by atoms with E-state index in [-0.39, 0.29) is 5.91 Å². The molecule has 1 aromatic heterocycles. The third kappa shape index (κ3) is 3.59. The summed E-state index contributed by atoms with van der Waals surface area (Å²) < 4.78 is 1.22. The molecule has 1 saturated heterocycles. The summed E-state index contributed by atoms with van der Waals surface area (Å²) in [5.41, 5.74) is 3.78. The zero-order valence-electron chi connectivity index (χ0n) is 16.1. The van der Waals surface area contributed by atoms with Gasteiger partial charge in [0.05, 0.1) is 4.88 Å². The van der Waals surface area contributed by atoms with Gasteiger partial charge in [0.25, 0.3) is 5.91 Å².